The summed E-state index contributed by atoms with van der Waals surface area (Å²) >= 11 is 5.08. The van der Waals surface area contributed by atoms with Gasteiger partial charge in [-0.25, -0.2) is 0 Å². The van der Waals surface area contributed by atoms with E-state index in [9.17, 15) is 4.79 Å². The van der Waals surface area contributed by atoms with Crippen LogP contribution in [-0.4, -0.2) is 26.2 Å². The number of rotatable bonds is 3. The summed E-state index contributed by atoms with van der Waals surface area (Å²) in [5.74, 6) is -0.159. The van der Waals surface area contributed by atoms with Crippen LogP contribution in [0.25, 0.3) is 0 Å². The lowest BCUT2D eigenvalue weighted by atomic mass is 9.97. The molecule has 1 amide bonds. The normalized spacial score (nSPS) is 17.9. The van der Waals surface area contributed by atoms with Crippen molar-refractivity contribution in [3.8, 4) is 0 Å². The fourth-order valence-corrected chi connectivity index (χ4v) is 2.49. The molecule has 1 aromatic heterocycles. The highest BCUT2D eigenvalue weighted by atomic mass is 32.1. The standard InChI is InChI=1S/C11H16N4OS/c1-15-7-8(6-13-15)9(16)14-11(10(12)17)4-2-3-5-11/h6-7H,2-5H2,1H3,(H2,12,17)(H,14,16). The number of hydrogen-bond donors (Lipinski definition) is 2. The Labute approximate surface area is 105 Å². The highest BCUT2D eigenvalue weighted by molar-refractivity contribution is 7.80. The largest absolute Gasteiger partial charge is 0.391 e. The third kappa shape index (κ3) is 2.31. The first-order chi connectivity index (χ1) is 8.03. The number of nitrogens with one attached hydrogen (secondary N) is 1. The zero-order valence-corrected chi connectivity index (χ0v) is 10.6. The number of amides is 1. The average molecular weight is 252 g/mol. The second kappa shape index (κ2) is 4.44. The third-order valence-electron chi connectivity index (χ3n) is 3.25. The molecule has 1 aliphatic carbocycles. The first kappa shape index (κ1) is 12.0. The minimum atomic E-state index is -0.498. The maximum absolute atomic E-state index is 12.0. The van der Waals surface area contributed by atoms with Crippen molar-refractivity contribution in [2.75, 3.05) is 0 Å². The first-order valence-electron chi connectivity index (χ1n) is 5.64. The quantitative estimate of drug-likeness (QED) is 0.779. The molecule has 1 heterocycles. The monoisotopic (exact) mass is 252 g/mol. The Kier molecular flexibility index (Phi) is 3.15. The van der Waals surface area contributed by atoms with Crippen molar-refractivity contribution in [3.63, 3.8) is 0 Å². The molecular weight excluding hydrogens is 236 g/mol. The molecule has 1 aliphatic rings. The molecule has 0 bridgehead atoms. The highest BCUT2D eigenvalue weighted by Crippen LogP contribution is 2.30. The SMILES string of the molecule is Cn1cc(C(=O)NC2(C(N)=S)CCCC2)cn1. The molecule has 0 aliphatic heterocycles. The van der Waals surface area contributed by atoms with Crippen LogP contribution < -0.4 is 11.1 Å². The van der Waals surface area contributed by atoms with Crippen molar-refractivity contribution in [2.24, 2.45) is 12.8 Å². The number of thiocarbonyl (C=S) groups is 1. The fourth-order valence-electron chi connectivity index (χ4n) is 2.24. The Hall–Kier alpha value is -1.43. The van der Waals surface area contributed by atoms with Gasteiger partial charge in [-0.2, -0.15) is 5.10 Å². The molecule has 0 atom stereocenters. The van der Waals surface area contributed by atoms with Gasteiger partial charge in [0.1, 0.15) is 0 Å². The van der Waals surface area contributed by atoms with E-state index in [4.69, 9.17) is 18.0 Å². The Morgan fingerprint density at radius 3 is 2.71 bits per heavy atom. The van der Waals surface area contributed by atoms with Gasteiger partial charge in [-0.1, -0.05) is 25.1 Å². The lowest BCUT2D eigenvalue weighted by Gasteiger charge is -2.28. The van der Waals surface area contributed by atoms with E-state index in [0.717, 1.165) is 25.7 Å². The van der Waals surface area contributed by atoms with Crippen LogP contribution in [0.5, 0.6) is 0 Å². The van der Waals surface area contributed by atoms with Gasteiger partial charge in [0.25, 0.3) is 5.91 Å². The van der Waals surface area contributed by atoms with Gasteiger partial charge < -0.3 is 11.1 Å². The maximum Gasteiger partial charge on any atom is 0.255 e. The van der Waals surface area contributed by atoms with Gasteiger partial charge in [0.05, 0.1) is 22.3 Å². The third-order valence-corrected chi connectivity index (χ3v) is 3.64. The number of carbonyl (C=O) groups excluding carboxylic acids is 1. The lowest BCUT2D eigenvalue weighted by Crippen LogP contribution is -2.54. The molecule has 0 saturated heterocycles. The summed E-state index contributed by atoms with van der Waals surface area (Å²) in [6.45, 7) is 0. The molecule has 1 saturated carbocycles. The van der Waals surface area contributed by atoms with Gasteiger partial charge >= 0.3 is 0 Å². The molecular formula is C11H16N4OS. The summed E-state index contributed by atoms with van der Waals surface area (Å²) in [5, 5.41) is 6.93. The van der Waals surface area contributed by atoms with E-state index in [2.05, 4.69) is 10.4 Å². The van der Waals surface area contributed by atoms with Crippen LogP contribution in [0.1, 0.15) is 36.0 Å². The van der Waals surface area contributed by atoms with Crippen LogP contribution >= 0.6 is 12.2 Å². The van der Waals surface area contributed by atoms with Crippen molar-refractivity contribution in [3.05, 3.63) is 18.0 Å². The topological polar surface area (TPSA) is 72.9 Å². The summed E-state index contributed by atoms with van der Waals surface area (Å²) in [5.41, 5.74) is 5.80. The summed E-state index contributed by atoms with van der Waals surface area (Å²) in [4.78, 5) is 12.4. The van der Waals surface area contributed by atoms with Crippen molar-refractivity contribution < 1.29 is 4.79 Å². The Morgan fingerprint density at radius 1 is 1.59 bits per heavy atom. The molecule has 0 spiro atoms. The fraction of sp³-hybridized carbons (Fsp3) is 0.545. The van der Waals surface area contributed by atoms with E-state index in [1.807, 2.05) is 0 Å². The molecule has 0 unspecified atom stereocenters. The zero-order valence-electron chi connectivity index (χ0n) is 9.77. The van der Waals surface area contributed by atoms with Crippen LogP contribution in [0.15, 0.2) is 12.4 Å². The number of aryl methyl sites for hydroxylation is 1. The molecule has 1 aromatic rings. The molecule has 92 valence electrons. The number of aromatic nitrogens is 2. The van der Waals surface area contributed by atoms with Gasteiger partial charge in [-0.3, -0.25) is 9.48 Å². The van der Waals surface area contributed by atoms with Crippen molar-refractivity contribution in [2.45, 2.75) is 31.2 Å². The number of hydrogen-bond acceptors (Lipinski definition) is 3. The number of nitrogens with zero attached hydrogens (tertiary/aromatic N) is 2. The minimum absolute atomic E-state index is 0.159. The van der Waals surface area contributed by atoms with Crippen molar-refractivity contribution in [1.82, 2.24) is 15.1 Å². The smallest absolute Gasteiger partial charge is 0.255 e. The van der Waals surface area contributed by atoms with Crippen molar-refractivity contribution in [1.29, 1.82) is 0 Å². The minimum Gasteiger partial charge on any atom is -0.391 e. The molecule has 17 heavy (non-hydrogen) atoms. The van der Waals surface area contributed by atoms with Gasteiger partial charge in [-0.05, 0) is 12.8 Å². The molecule has 6 heteroatoms. The first-order valence-corrected chi connectivity index (χ1v) is 6.05. The zero-order chi connectivity index (χ0) is 12.5. The Balaban J connectivity index is 2.14. The van der Waals surface area contributed by atoms with Gasteiger partial charge in [0.15, 0.2) is 0 Å². The van der Waals surface area contributed by atoms with Gasteiger partial charge in [0, 0.05) is 13.2 Å². The Bertz CT molecular complexity index is 448. The van der Waals surface area contributed by atoms with E-state index in [1.165, 1.54) is 6.20 Å². The van der Waals surface area contributed by atoms with Crippen LogP contribution in [0.2, 0.25) is 0 Å². The predicted molar refractivity (Wildman–Crippen MR) is 68.7 cm³/mol. The Morgan fingerprint density at radius 2 is 2.24 bits per heavy atom. The van der Waals surface area contributed by atoms with Gasteiger partial charge in [0.2, 0.25) is 0 Å². The average Bonchev–Trinajstić information content (AvgIpc) is 2.87. The van der Waals surface area contributed by atoms with E-state index in [0.29, 0.717) is 10.6 Å². The molecule has 3 N–H and O–H groups in total. The molecule has 0 aromatic carbocycles. The number of nitrogens with two attached hydrogens (primary N) is 1. The second-order valence-electron chi connectivity index (χ2n) is 4.51. The van der Waals surface area contributed by atoms with E-state index < -0.39 is 5.54 Å². The summed E-state index contributed by atoms with van der Waals surface area (Å²) in [6.07, 6.45) is 6.97. The van der Waals surface area contributed by atoms with Crippen LogP contribution in [0.3, 0.4) is 0 Å². The predicted octanol–water partition coefficient (Wildman–Crippen LogP) is 0.749. The highest BCUT2D eigenvalue weighted by Gasteiger charge is 2.38. The molecule has 0 radical (unpaired) electrons. The van der Waals surface area contributed by atoms with E-state index in [1.54, 1.807) is 17.9 Å². The van der Waals surface area contributed by atoms with E-state index in [-0.39, 0.29) is 5.91 Å². The molecule has 5 nitrogen and oxygen atoms in total. The van der Waals surface area contributed by atoms with Crippen LogP contribution in [-0.2, 0) is 7.05 Å². The number of carbonyl (C=O) groups is 1. The summed E-state index contributed by atoms with van der Waals surface area (Å²) in [7, 11) is 1.77. The maximum atomic E-state index is 12.0. The summed E-state index contributed by atoms with van der Waals surface area (Å²) in [6, 6.07) is 0. The second-order valence-corrected chi connectivity index (χ2v) is 4.95. The molecule has 2 rings (SSSR count). The lowest BCUT2D eigenvalue weighted by molar-refractivity contribution is 0.0924. The molecule has 1 fully saturated rings. The van der Waals surface area contributed by atoms with Crippen LogP contribution in [0, 0.1) is 0 Å². The van der Waals surface area contributed by atoms with Gasteiger partial charge in [-0.15, -0.1) is 0 Å². The van der Waals surface area contributed by atoms with E-state index >= 15 is 0 Å². The van der Waals surface area contributed by atoms with Crippen LogP contribution in [0.4, 0.5) is 0 Å². The van der Waals surface area contributed by atoms with Crippen molar-refractivity contribution >= 4 is 23.1 Å². The summed E-state index contributed by atoms with van der Waals surface area (Å²) < 4.78 is 1.59.